The van der Waals surface area contributed by atoms with Crippen LogP contribution in [0.3, 0.4) is 0 Å². The SMILES string of the molecule is CN(C)CCCOC(=O)C(O)(c1ccccc1)c1ccccc1. The van der Waals surface area contributed by atoms with Crippen molar-refractivity contribution in [3.8, 4) is 0 Å². The van der Waals surface area contributed by atoms with Crippen molar-refractivity contribution in [1.29, 1.82) is 0 Å². The number of benzene rings is 2. The van der Waals surface area contributed by atoms with Gasteiger partial charge in [0.15, 0.2) is 0 Å². The second-order valence-electron chi connectivity index (χ2n) is 5.74. The Bertz CT molecular complexity index is 572. The molecule has 0 radical (unpaired) electrons. The molecule has 0 aliphatic carbocycles. The molecule has 0 aromatic heterocycles. The number of hydrogen-bond acceptors (Lipinski definition) is 4. The highest BCUT2D eigenvalue weighted by atomic mass is 16.5. The van der Waals surface area contributed by atoms with Crippen molar-refractivity contribution >= 4 is 5.97 Å². The van der Waals surface area contributed by atoms with Crippen LogP contribution in [-0.2, 0) is 15.1 Å². The summed E-state index contributed by atoms with van der Waals surface area (Å²) in [7, 11) is 3.93. The lowest BCUT2D eigenvalue weighted by molar-refractivity contribution is -0.162. The standard InChI is InChI=1S/C19H23NO3/c1-20(2)14-9-15-23-18(21)19(22,16-10-5-3-6-11-16)17-12-7-4-8-13-17/h3-8,10-13,22H,9,14-15H2,1-2H3. The molecule has 0 spiro atoms. The van der Waals surface area contributed by atoms with Gasteiger partial charge in [-0.3, -0.25) is 0 Å². The number of rotatable bonds is 7. The topological polar surface area (TPSA) is 49.8 Å². The summed E-state index contributed by atoms with van der Waals surface area (Å²) in [6.07, 6.45) is 0.721. The average molecular weight is 313 g/mol. The Kier molecular flexibility index (Phi) is 5.90. The number of carbonyl (C=O) groups is 1. The molecule has 0 saturated heterocycles. The van der Waals surface area contributed by atoms with E-state index in [2.05, 4.69) is 0 Å². The van der Waals surface area contributed by atoms with Gasteiger partial charge in [-0.15, -0.1) is 0 Å². The number of nitrogens with zero attached hydrogens (tertiary/aromatic N) is 1. The molecule has 2 aromatic rings. The summed E-state index contributed by atoms with van der Waals surface area (Å²) in [6, 6.07) is 17.8. The highest BCUT2D eigenvalue weighted by molar-refractivity contribution is 5.85. The molecule has 0 amide bonds. The summed E-state index contributed by atoms with van der Waals surface area (Å²) in [5.74, 6) is -0.645. The van der Waals surface area contributed by atoms with Crippen molar-refractivity contribution in [3.63, 3.8) is 0 Å². The van der Waals surface area contributed by atoms with E-state index >= 15 is 0 Å². The van der Waals surface area contributed by atoms with E-state index in [9.17, 15) is 9.90 Å². The van der Waals surface area contributed by atoms with Gasteiger partial charge in [-0.1, -0.05) is 60.7 Å². The van der Waals surface area contributed by atoms with E-state index in [4.69, 9.17) is 4.74 Å². The van der Waals surface area contributed by atoms with Crippen LogP contribution in [0.5, 0.6) is 0 Å². The van der Waals surface area contributed by atoms with Crippen LogP contribution in [0.25, 0.3) is 0 Å². The van der Waals surface area contributed by atoms with Gasteiger partial charge in [-0.25, -0.2) is 4.79 Å². The summed E-state index contributed by atoms with van der Waals surface area (Å²) < 4.78 is 5.35. The summed E-state index contributed by atoms with van der Waals surface area (Å²) >= 11 is 0. The number of hydrogen-bond donors (Lipinski definition) is 1. The smallest absolute Gasteiger partial charge is 0.347 e. The minimum Gasteiger partial charge on any atom is -0.463 e. The first-order valence-electron chi connectivity index (χ1n) is 7.70. The molecule has 23 heavy (non-hydrogen) atoms. The fraction of sp³-hybridized carbons (Fsp3) is 0.316. The van der Waals surface area contributed by atoms with Crippen molar-refractivity contribution in [2.75, 3.05) is 27.2 Å². The van der Waals surface area contributed by atoms with Gasteiger partial charge in [0.1, 0.15) is 0 Å². The van der Waals surface area contributed by atoms with Gasteiger partial charge in [-0.05, 0) is 31.6 Å². The highest BCUT2D eigenvalue weighted by Gasteiger charge is 2.41. The van der Waals surface area contributed by atoms with E-state index in [1.54, 1.807) is 48.5 Å². The summed E-state index contributed by atoms with van der Waals surface area (Å²) in [4.78, 5) is 14.6. The molecule has 0 bridgehead atoms. The van der Waals surface area contributed by atoms with E-state index in [1.165, 1.54) is 0 Å². The Morgan fingerprint density at radius 2 is 1.48 bits per heavy atom. The summed E-state index contributed by atoms with van der Waals surface area (Å²) in [5, 5.41) is 11.1. The van der Waals surface area contributed by atoms with Gasteiger partial charge >= 0.3 is 5.97 Å². The lowest BCUT2D eigenvalue weighted by Gasteiger charge is -2.27. The fourth-order valence-corrected chi connectivity index (χ4v) is 2.41. The first-order valence-corrected chi connectivity index (χ1v) is 7.70. The molecule has 0 aliphatic heterocycles. The molecule has 2 aromatic carbocycles. The Labute approximate surface area is 137 Å². The summed E-state index contributed by atoms with van der Waals surface area (Å²) in [5.41, 5.74) is -0.784. The van der Waals surface area contributed by atoms with Crippen molar-refractivity contribution in [1.82, 2.24) is 4.90 Å². The molecular weight excluding hydrogens is 290 g/mol. The third-order valence-electron chi connectivity index (χ3n) is 3.66. The molecule has 1 N–H and O–H groups in total. The van der Waals surface area contributed by atoms with Crippen LogP contribution in [0.4, 0.5) is 0 Å². The Balaban J connectivity index is 2.23. The van der Waals surface area contributed by atoms with E-state index in [1.807, 2.05) is 31.1 Å². The van der Waals surface area contributed by atoms with Crippen LogP contribution in [0.2, 0.25) is 0 Å². The molecule has 0 fully saturated rings. The Morgan fingerprint density at radius 3 is 1.91 bits per heavy atom. The molecule has 0 unspecified atom stereocenters. The van der Waals surface area contributed by atoms with Crippen LogP contribution in [0, 0.1) is 0 Å². The first-order chi connectivity index (χ1) is 11.0. The average Bonchev–Trinajstić information content (AvgIpc) is 2.59. The number of aliphatic hydroxyl groups is 1. The third-order valence-corrected chi connectivity index (χ3v) is 3.66. The molecule has 0 saturated carbocycles. The first kappa shape index (κ1) is 17.2. The maximum absolute atomic E-state index is 12.6. The fourth-order valence-electron chi connectivity index (χ4n) is 2.41. The molecule has 0 aliphatic rings. The number of carbonyl (C=O) groups excluding carboxylic acids is 1. The molecule has 0 atom stereocenters. The second-order valence-corrected chi connectivity index (χ2v) is 5.74. The van der Waals surface area contributed by atoms with Crippen molar-refractivity contribution in [3.05, 3.63) is 71.8 Å². The van der Waals surface area contributed by atoms with Crippen LogP contribution >= 0.6 is 0 Å². The summed E-state index contributed by atoms with van der Waals surface area (Å²) in [6.45, 7) is 1.10. The quantitative estimate of drug-likeness (QED) is 0.630. The van der Waals surface area contributed by atoms with Gasteiger partial charge in [-0.2, -0.15) is 0 Å². The third kappa shape index (κ3) is 4.18. The van der Waals surface area contributed by atoms with Crippen molar-refractivity contribution in [2.24, 2.45) is 0 Å². The highest BCUT2D eigenvalue weighted by Crippen LogP contribution is 2.31. The molecule has 122 valence electrons. The number of esters is 1. The predicted molar refractivity (Wildman–Crippen MR) is 90.0 cm³/mol. The molecular formula is C19H23NO3. The molecule has 2 rings (SSSR count). The van der Waals surface area contributed by atoms with Gasteiger partial charge in [0, 0.05) is 6.54 Å². The zero-order valence-electron chi connectivity index (χ0n) is 13.6. The normalized spacial score (nSPS) is 11.5. The maximum atomic E-state index is 12.6. The second kappa shape index (κ2) is 7.90. The van der Waals surface area contributed by atoms with Crippen LogP contribution in [0.1, 0.15) is 17.5 Å². The lowest BCUT2D eigenvalue weighted by atomic mass is 9.86. The van der Waals surface area contributed by atoms with E-state index in [0.29, 0.717) is 11.1 Å². The predicted octanol–water partition coefficient (Wildman–Crippen LogP) is 2.42. The molecule has 4 nitrogen and oxygen atoms in total. The minimum absolute atomic E-state index is 0.277. The number of ether oxygens (including phenoxy) is 1. The largest absolute Gasteiger partial charge is 0.463 e. The van der Waals surface area contributed by atoms with Gasteiger partial charge in [0.2, 0.25) is 5.60 Å². The van der Waals surface area contributed by atoms with Crippen molar-refractivity contribution in [2.45, 2.75) is 12.0 Å². The zero-order chi connectivity index (χ0) is 16.7. The molecule has 0 heterocycles. The van der Waals surface area contributed by atoms with Crippen molar-refractivity contribution < 1.29 is 14.6 Å². The van der Waals surface area contributed by atoms with E-state index in [-0.39, 0.29) is 6.61 Å². The van der Waals surface area contributed by atoms with Gasteiger partial charge < -0.3 is 14.7 Å². The van der Waals surface area contributed by atoms with E-state index < -0.39 is 11.6 Å². The van der Waals surface area contributed by atoms with Crippen LogP contribution in [-0.4, -0.2) is 43.2 Å². The van der Waals surface area contributed by atoms with Crippen LogP contribution in [0.15, 0.2) is 60.7 Å². The van der Waals surface area contributed by atoms with Crippen LogP contribution < -0.4 is 0 Å². The Hall–Kier alpha value is -2.17. The van der Waals surface area contributed by atoms with Gasteiger partial charge in [0.25, 0.3) is 0 Å². The minimum atomic E-state index is -1.79. The monoisotopic (exact) mass is 313 g/mol. The lowest BCUT2D eigenvalue weighted by Crippen LogP contribution is -2.39. The Morgan fingerprint density at radius 1 is 1.00 bits per heavy atom. The van der Waals surface area contributed by atoms with E-state index in [0.717, 1.165) is 13.0 Å². The molecule has 4 heteroatoms. The maximum Gasteiger partial charge on any atom is 0.347 e. The zero-order valence-corrected chi connectivity index (χ0v) is 13.6. The van der Waals surface area contributed by atoms with Gasteiger partial charge in [0.05, 0.1) is 6.61 Å².